The topological polar surface area (TPSA) is 47.6 Å². The van der Waals surface area contributed by atoms with E-state index in [1.807, 2.05) is 53.9 Å². The summed E-state index contributed by atoms with van der Waals surface area (Å²) in [5.74, 6) is 4.13. The molecule has 0 aromatic heterocycles. The Bertz CT molecular complexity index is 848. The van der Waals surface area contributed by atoms with Crippen molar-refractivity contribution in [2.45, 2.75) is 30.9 Å². The molecule has 1 N–H and O–H groups in total. The predicted molar refractivity (Wildman–Crippen MR) is 121 cm³/mol. The zero-order valence-corrected chi connectivity index (χ0v) is 18.5. The Morgan fingerprint density at radius 3 is 2.38 bits per heavy atom. The highest BCUT2D eigenvalue weighted by atomic mass is 32.2. The molecule has 0 saturated carbocycles. The molecule has 1 fully saturated rings. The van der Waals surface area contributed by atoms with Gasteiger partial charge >= 0.3 is 0 Å². The first-order chi connectivity index (χ1) is 14.1. The van der Waals surface area contributed by atoms with Crippen molar-refractivity contribution in [3.63, 3.8) is 0 Å². The molecule has 2 aromatic carbocycles. The van der Waals surface area contributed by atoms with E-state index in [0.717, 1.165) is 23.5 Å². The standard InChI is InChI=1S/C23H27NO3S2/c1-15(2)21(18-8-9-19-20(14-18)27-11-3-10-26-19)24-22(25)16-4-6-17(7-5-16)23-28-12-13-29-23/h4-9,14-15,21,23H,3,10-13H2,1-2H3,(H,24,25)/t21-/m1/s1. The van der Waals surface area contributed by atoms with Crippen LogP contribution in [0.3, 0.4) is 0 Å². The molecule has 4 nitrogen and oxygen atoms in total. The number of ether oxygens (including phenoxy) is 2. The molecule has 0 unspecified atom stereocenters. The van der Waals surface area contributed by atoms with Gasteiger partial charge in [0.25, 0.3) is 5.91 Å². The highest BCUT2D eigenvalue weighted by molar-refractivity contribution is 8.19. The molecule has 4 rings (SSSR count). The molecular formula is C23H27NO3S2. The lowest BCUT2D eigenvalue weighted by Gasteiger charge is -2.24. The summed E-state index contributed by atoms with van der Waals surface area (Å²) in [6, 6.07) is 13.9. The second-order valence-electron chi connectivity index (χ2n) is 7.65. The summed E-state index contributed by atoms with van der Waals surface area (Å²) in [6.07, 6.45) is 0.877. The summed E-state index contributed by atoms with van der Waals surface area (Å²) in [7, 11) is 0. The van der Waals surface area contributed by atoms with E-state index < -0.39 is 0 Å². The Labute approximate surface area is 181 Å². The van der Waals surface area contributed by atoms with Gasteiger partial charge < -0.3 is 14.8 Å². The Kier molecular flexibility index (Phi) is 6.60. The second kappa shape index (κ2) is 9.35. The molecule has 2 aliphatic heterocycles. The maximum absolute atomic E-state index is 12.9. The summed E-state index contributed by atoms with van der Waals surface area (Å²) in [6.45, 7) is 5.56. The summed E-state index contributed by atoms with van der Waals surface area (Å²) in [5.41, 5.74) is 3.02. The van der Waals surface area contributed by atoms with Crippen LogP contribution in [0, 0.1) is 5.92 Å². The molecular weight excluding hydrogens is 402 g/mol. The van der Waals surface area contributed by atoms with Crippen LogP contribution in [-0.4, -0.2) is 30.6 Å². The van der Waals surface area contributed by atoms with Gasteiger partial charge in [0.1, 0.15) is 0 Å². The van der Waals surface area contributed by atoms with Gasteiger partial charge in [-0.25, -0.2) is 0 Å². The number of thioether (sulfide) groups is 2. The lowest BCUT2D eigenvalue weighted by Crippen LogP contribution is -2.31. The van der Waals surface area contributed by atoms with Crippen molar-refractivity contribution in [2.75, 3.05) is 24.7 Å². The number of fused-ring (bicyclic) bond motifs is 1. The first-order valence-electron chi connectivity index (χ1n) is 10.2. The highest BCUT2D eigenvalue weighted by Crippen LogP contribution is 2.45. The first-order valence-corrected chi connectivity index (χ1v) is 12.2. The van der Waals surface area contributed by atoms with Gasteiger partial charge in [-0.2, -0.15) is 0 Å². The van der Waals surface area contributed by atoms with Crippen LogP contribution in [-0.2, 0) is 0 Å². The summed E-state index contributed by atoms with van der Waals surface area (Å²) in [4.78, 5) is 12.9. The van der Waals surface area contributed by atoms with Crippen LogP contribution < -0.4 is 14.8 Å². The van der Waals surface area contributed by atoms with Crippen molar-refractivity contribution in [2.24, 2.45) is 5.92 Å². The molecule has 0 spiro atoms. The predicted octanol–water partition coefficient (Wildman–Crippen LogP) is 5.45. The molecule has 1 atom stereocenters. The van der Waals surface area contributed by atoms with Gasteiger partial charge in [0, 0.05) is 23.5 Å². The number of rotatable bonds is 5. The van der Waals surface area contributed by atoms with Gasteiger partial charge in [-0.1, -0.05) is 32.0 Å². The zero-order valence-electron chi connectivity index (χ0n) is 16.9. The number of amides is 1. The number of hydrogen-bond acceptors (Lipinski definition) is 5. The minimum atomic E-state index is -0.0970. The van der Waals surface area contributed by atoms with Crippen LogP contribution in [0.15, 0.2) is 42.5 Å². The van der Waals surface area contributed by atoms with E-state index in [0.29, 0.717) is 23.4 Å². The minimum Gasteiger partial charge on any atom is -0.490 e. The Hall–Kier alpha value is -1.79. The van der Waals surface area contributed by atoms with E-state index >= 15 is 0 Å². The van der Waals surface area contributed by atoms with Crippen LogP contribution in [0.4, 0.5) is 0 Å². The third kappa shape index (κ3) is 4.86. The van der Waals surface area contributed by atoms with Crippen molar-refractivity contribution >= 4 is 29.4 Å². The maximum atomic E-state index is 12.9. The van der Waals surface area contributed by atoms with Gasteiger partial charge in [-0.15, -0.1) is 23.5 Å². The molecule has 0 radical (unpaired) electrons. The van der Waals surface area contributed by atoms with Crippen molar-refractivity contribution in [3.8, 4) is 11.5 Å². The Balaban J connectivity index is 1.49. The van der Waals surface area contributed by atoms with E-state index in [-0.39, 0.29) is 17.9 Å². The zero-order chi connectivity index (χ0) is 20.2. The van der Waals surface area contributed by atoms with Gasteiger partial charge in [0.15, 0.2) is 11.5 Å². The normalized spacial score (nSPS) is 17.8. The molecule has 0 bridgehead atoms. The average Bonchev–Trinajstić information content (AvgIpc) is 3.17. The Morgan fingerprint density at radius 1 is 1.00 bits per heavy atom. The largest absolute Gasteiger partial charge is 0.490 e. The van der Waals surface area contributed by atoms with E-state index in [4.69, 9.17) is 9.47 Å². The fraction of sp³-hybridized carbons (Fsp3) is 0.435. The highest BCUT2D eigenvalue weighted by Gasteiger charge is 2.23. The summed E-state index contributed by atoms with van der Waals surface area (Å²) >= 11 is 3.95. The number of hydrogen-bond donors (Lipinski definition) is 1. The van der Waals surface area contributed by atoms with E-state index in [1.165, 1.54) is 17.1 Å². The van der Waals surface area contributed by atoms with E-state index in [9.17, 15) is 4.79 Å². The monoisotopic (exact) mass is 429 g/mol. The number of nitrogens with one attached hydrogen (secondary N) is 1. The molecule has 1 amide bonds. The summed E-state index contributed by atoms with van der Waals surface area (Å²) in [5, 5.41) is 3.21. The summed E-state index contributed by atoms with van der Waals surface area (Å²) < 4.78 is 12.1. The SMILES string of the molecule is CC(C)[C@@H](NC(=O)c1ccc(C2SCCS2)cc1)c1ccc2c(c1)OCCCO2. The van der Waals surface area contributed by atoms with Crippen molar-refractivity contribution in [1.82, 2.24) is 5.32 Å². The maximum Gasteiger partial charge on any atom is 0.251 e. The third-order valence-corrected chi connectivity index (χ3v) is 8.26. The van der Waals surface area contributed by atoms with Crippen molar-refractivity contribution in [3.05, 3.63) is 59.2 Å². The smallest absolute Gasteiger partial charge is 0.251 e. The van der Waals surface area contributed by atoms with Crippen molar-refractivity contribution in [1.29, 1.82) is 0 Å². The minimum absolute atomic E-state index is 0.0471. The number of carbonyl (C=O) groups is 1. The number of benzene rings is 2. The number of carbonyl (C=O) groups excluding carboxylic acids is 1. The van der Waals surface area contributed by atoms with Gasteiger partial charge in [-0.3, -0.25) is 4.79 Å². The molecule has 29 heavy (non-hydrogen) atoms. The van der Waals surface area contributed by atoms with E-state index in [1.54, 1.807) is 0 Å². The molecule has 2 aliphatic rings. The van der Waals surface area contributed by atoms with Crippen LogP contribution in [0.2, 0.25) is 0 Å². The van der Waals surface area contributed by atoms with Crippen LogP contribution in [0.25, 0.3) is 0 Å². The quantitative estimate of drug-likeness (QED) is 0.684. The third-order valence-electron chi connectivity index (χ3n) is 5.15. The molecule has 0 aliphatic carbocycles. The van der Waals surface area contributed by atoms with E-state index in [2.05, 4.69) is 31.3 Å². The fourth-order valence-electron chi connectivity index (χ4n) is 3.58. The lowest BCUT2D eigenvalue weighted by molar-refractivity contribution is 0.0925. The molecule has 1 saturated heterocycles. The van der Waals surface area contributed by atoms with Crippen molar-refractivity contribution < 1.29 is 14.3 Å². The van der Waals surface area contributed by atoms with Gasteiger partial charge in [0.05, 0.1) is 23.8 Å². The average molecular weight is 430 g/mol. The molecule has 2 aromatic rings. The molecule has 154 valence electrons. The lowest BCUT2D eigenvalue weighted by atomic mass is 9.95. The van der Waals surface area contributed by atoms with Crippen LogP contribution in [0.5, 0.6) is 11.5 Å². The van der Waals surface area contributed by atoms with Crippen LogP contribution >= 0.6 is 23.5 Å². The molecule has 2 heterocycles. The van der Waals surface area contributed by atoms with Gasteiger partial charge in [-0.05, 0) is 41.3 Å². The molecule has 6 heteroatoms. The Morgan fingerprint density at radius 2 is 1.69 bits per heavy atom. The fourth-order valence-corrected chi connectivity index (χ4v) is 6.43. The second-order valence-corrected chi connectivity index (χ2v) is 10.4. The first kappa shape index (κ1) is 20.5. The van der Waals surface area contributed by atoms with Crippen LogP contribution in [0.1, 0.15) is 52.4 Å². The van der Waals surface area contributed by atoms with Gasteiger partial charge in [0.2, 0.25) is 0 Å².